The summed E-state index contributed by atoms with van der Waals surface area (Å²) in [5.41, 5.74) is 3.63. The fourth-order valence-corrected chi connectivity index (χ4v) is 6.63. The summed E-state index contributed by atoms with van der Waals surface area (Å²) in [6.45, 7) is 8.88. The molecule has 0 saturated heterocycles. The zero-order valence-corrected chi connectivity index (χ0v) is 18.8. The lowest BCUT2D eigenvalue weighted by Gasteiger charge is -2.44. The highest BCUT2D eigenvalue weighted by Gasteiger charge is 2.50. The van der Waals surface area contributed by atoms with Crippen LogP contribution in [0.3, 0.4) is 0 Å². The minimum Gasteiger partial charge on any atom is -0.393 e. The zero-order valence-electron chi connectivity index (χ0n) is 18.8. The van der Waals surface area contributed by atoms with Crippen LogP contribution in [0.2, 0.25) is 0 Å². The first-order valence-corrected chi connectivity index (χ1v) is 12.1. The molecule has 0 aromatic carbocycles. The van der Waals surface area contributed by atoms with Gasteiger partial charge in [0, 0.05) is 6.42 Å². The molecule has 0 aromatic heterocycles. The minimum absolute atomic E-state index is 0.250. The molecular weight excluding hydrogens is 372 g/mol. The van der Waals surface area contributed by atoms with E-state index in [1.807, 2.05) is 0 Å². The molecule has 4 rings (SSSR count). The van der Waals surface area contributed by atoms with E-state index in [4.69, 9.17) is 0 Å². The molecule has 0 bridgehead atoms. The Bertz CT molecular complexity index is 743. The summed E-state index contributed by atoms with van der Waals surface area (Å²) in [4.78, 5) is 0. The second kappa shape index (κ2) is 8.76. The third-order valence-electron chi connectivity index (χ3n) is 8.65. The van der Waals surface area contributed by atoms with Crippen LogP contribution in [0.15, 0.2) is 47.6 Å². The summed E-state index contributed by atoms with van der Waals surface area (Å²) in [6, 6.07) is 0. The van der Waals surface area contributed by atoms with Crippen LogP contribution in [0.4, 0.5) is 0 Å². The molecule has 4 aliphatic rings. The minimum atomic E-state index is -0.621. The number of allylic oxidation sites excluding steroid dienone is 4. The summed E-state index contributed by atoms with van der Waals surface area (Å²) >= 11 is 0. The summed E-state index contributed by atoms with van der Waals surface area (Å²) in [7, 11) is 0. The second-order valence-electron chi connectivity index (χ2n) is 10.7. The van der Waals surface area contributed by atoms with Crippen LogP contribution in [0.25, 0.3) is 0 Å². The highest BCUT2D eigenvalue weighted by atomic mass is 16.3. The molecule has 3 nitrogen and oxygen atoms in total. The third-order valence-corrected chi connectivity index (χ3v) is 8.65. The van der Waals surface area contributed by atoms with Gasteiger partial charge in [0.25, 0.3) is 0 Å². The molecule has 0 amide bonds. The van der Waals surface area contributed by atoms with E-state index >= 15 is 0 Å². The maximum atomic E-state index is 10.2. The lowest BCUT2D eigenvalue weighted by molar-refractivity contribution is 0.0862. The summed E-state index contributed by atoms with van der Waals surface area (Å²) in [5.74, 6) is 2.28. The van der Waals surface area contributed by atoms with Gasteiger partial charge in [-0.1, -0.05) is 50.3 Å². The number of rotatable bonds is 5. The van der Waals surface area contributed by atoms with Gasteiger partial charge in [0.1, 0.15) is 0 Å². The van der Waals surface area contributed by atoms with Crippen LogP contribution in [-0.4, -0.2) is 33.6 Å². The lowest BCUT2D eigenvalue weighted by atomic mass is 9.61. The second-order valence-corrected chi connectivity index (χ2v) is 10.7. The van der Waals surface area contributed by atoms with E-state index in [1.54, 1.807) is 0 Å². The molecule has 2 unspecified atom stereocenters. The van der Waals surface area contributed by atoms with Crippen LogP contribution in [0.5, 0.6) is 0 Å². The Kier molecular flexibility index (Phi) is 6.44. The molecule has 0 aliphatic heterocycles. The number of hydrogen-bond donors (Lipinski definition) is 3. The Balaban J connectivity index is 1.48. The lowest BCUT2D eigenvalue weighted by Crippen LogP contribution is -2.35. The van der Waals surface area contributed by atoms with Gasteiger partial charge in [-0.3, -0.25) is 0 Å². The van der Waals surface area contributed by atoms with Gasteiger partial charge >= 0.3 is 0 Å². The maximum Gasteiger partial charge on any atom is 0.0811 e. The third kappa shape index (κ3) is 4.40. The van der Waals surface area contributed by atoms with Crippen molar-refractivity contribution in [2.45, 2.75) is 89.9 Å². The van der Waals surface area contributed by atoms with Gasteiger partial charge in [-0.2, -0.15) is 0 Å². The van der Waals surface area contributed by atoms with Gasteiger partial charge in [-0.05, 0) is 91.6 Å². The molecule has 0 spiro atoms. The molecule has 3 heteroatoms. The van der Waals surface area contributed by atoms with Crippen molar-refractivity contribution >= 4 is 0 Å². The first-order chi connectivity index (χ1) is 14.3. The number of aliphatic hydroxyl groups excluding tert-OH is 3. The SMILES string of the molecule is C=C1/C(=C\C=C2/CCC[C@@]3(C)C2CCC3[C@H](C)/C=C/[C@@H](O)C2CC2)C[C@@H](O)C[C@@H]1O. The fourth-order valence-electron chi connectivity index (χ4n) is 6.63. The monoisotopic (exact) mass is 412 g/mol. The predicted molar refractivity (Wildman–Crippen MR) is 122 cm³/mol. The first-order valence-electron chi connectivity index (χ1n) is 12.1. The zero-order chi connectivity index (χ0) is 21.5. The topological polar surface area (TPSA) is 60.7 Å². The van der Waals surface area contributed by atoms with Crippen LogP contribution < -0.4 is 0 Å². The van der Waals surface area contributed by atoms with Crippen molar-refractivity contribution in [3.8, 4) is 0 Å². The van der Waals surface area contributed by atoms with Crippen molar-refractivity contribution in [2.24, 2.45) is 29.1 Å². The molecule has 0 radical (unpaired) electrons. The first kappa shape index (κ1) is 22.0. The molecule has 3 N–H and O–H groups in total. The smallest absolute Gasteiger partial charge is 0.0811 e. The molecule has 166 valence electrons. The van der Waals surface area contributed by atoms with E-state index in [-0.39, 0.29) is 6.10 Å². The van der Waals surface area contributed by atoms with Gasteiger partial charge in [-0.15, -0.1) is 0 Å². The number of fused-ring (bicyclic) bond motifs is 1. The highest BCUT2D eigenvalue weighted by Crippen LogP contribution is 2.59. The van der Waals surface area contributed by atoms with Crippen molar-refractivity contribution in [3.05, 3.63) is 47.6 Å². The normalized spacial score (nSPS) is 42.1. The Labute approximate surface area is 182 Å². The molecule has 7 atom stereocenters. The largest absolute Gasteiger partial charge is 0.393 e. The van der Waals surface area contributed by atoms with Gasteiger partial charge in [-0.25, -0.2) is 0 Å². The van der Waals surface area contributed by atoms with Crippen molar-refractivity contribution in [2.75, 3.05) is 0 Å². The Morgan fingerprint density at radius 3 is 2.60 bits per heavy atom. The van der Waals surface area contributed by atoms with Gasteiger partial charge in [0.15, 0.2) is 0 Å². The number of hydrogen-bond acceptors (Lipinski definition) is 3. The average molecular weight is 413 g/mol. The van der Waals surface area contributed by atoms with E-state index in [1.165, 1.54) is 44.1 Å². The number of aliphatic hydroxyl groups is 3. The summed E-state index contributed by atoms with van der Waals surface area (Å²) < 4.78 is 0. The van der Waals surface area contributed by atoms with E-state index in [0.29, 0.717) is 41.9 Å². The van der Waals surface area contributed by atoms with Crippen molar-refractivity contribution in [3.63, 3.8) is 0 Å². The average Bonchev–Trinajstić information content (AvgIpc) is 3.49. The Morgan fingerprint density at radius 2 is 1.87 bits per heavy atom. The van der Waals surface area contributed by atoms with E-state index in [9.17, 15) is 15.3 Å². The van der Waals surface area contributed by atoms with E-state index < -0.39 is 12.2 Å². The van der Waals surface area contributed by atoms with E-state index in [0.717, 1.165) is 17.6 Å². The van der Waals surface area contributed by atoms with Crippen LogP contribution in [-0.2, 0) is 0 Å². The van der Waals surface area contributed by atoms with Gasteiger partial charge < -0.3 is 15.3 Å². The summed E-state index contributed by atoms with van der Waals surface area (Å²) in [6.07, 6.45) is 16.9. The standard InChI is InChI=1S/C27H40O3/c1-17(6-13-25(29)20-8-9-20)23-11-12-24-19(5-4-14-27(23,24)3)7-10-21-15-22(28)16-26(30)18(21)2/h6-7,10,13,17,20,22-26,28-30H,2,4-5,8-9,11-12,14-16H2,1,3H3/b13-6+,19-7+,21-10-/t17-,22-,23?,24?,25-,26+,27-/m1/s1. The summed E-state index contributed by atoms with van der Waals surface area (Å²) in [5, 5.41) is 30.4. The quantitative estimate of drug-likeness (QED) is 0.551. The van der Waals surface area contributed by atoms with E-state index in [2.05, 4.69) is 44.7 Å². The van der Waals surface area contributed by atoms with Gasteiger partial charge in [0.2, 0.25) is 0 Å². The van der Waals surface area contributed by atoms with Crippen LogP contribution in [0, 0.1) is 29.1 Å². The highest BCUT2D eigenvalue weighted by molar-refractivity contribution is 5.38. The molecular formula is C27H40O3. The predicted octanol–water partition coefficient (Wildman–Crippen LogP) is 5.09. The van der Waals surface area contributed by atoms with Crippen LogP contribution in [0.1, 0.15) is 71.6 Å². The molecule has 4 saturated carbocycles. The molecule has 4 aliphatic carbocycles. The fraction of sp³-hybridized carbons (Fsp3) is 0.704. The van der Waals surface area contributed by atoms with Crippen LogP contribution >= 0.6 is 0 Å². The maximum absolute atomic E-state index is 10.2. The molecule has 30 heavy (non-hydrogen) atoms. The van der Waals surface area contributed by atoms with Crippen molar-refractivity contribution in [1.82, 2.24) is 0 Å². The molecule has 0 heterocycles. The van der Waals surface area contributed by atoms with Crippen molar-refractivity contribution < 1.29 is 15.3 Å². The molecule has 0 aromatic rings. The molecule has 4 fully saturated rings. The van der Waals surface area contributed by atoms with Crippen molar-refractivity contribution in [1.29, 1.82) is 0 Å². The Hall–Kier alpha value is -1.16. The van der Waals surface area contributed by atoms with Gasteiger partial charge in [0.05, 0.1) is 18.3 Å². The Morgan fingerprint density at radius 1 is 1.10 bits per heavy atom.